The largest absolute Gasteiger partial charge is 0.483 e. The molecule has 1 unspecified atom stereocenters. The number of hydrogen-bond acceptors (Lipinski definition) is 6. The van der Waals surface area contributed by atoms with Gasteiger partial charge in [-0.1, -0.05) is 220 Å². The Balaban J connectivity index is -0.00000222. The molecule has 7 nitrogen and oxygen atoms in total. The van der Waals surface area contributed by atoms with E-state index in [1.807, 2.05) is 7.11 Å². The van der Waals surface area contributed by atoms with Crippen molar-refractivity contribution in [3.05, 3.63) is 0 Å². The fourth-order valence-electron chi connectivity index (χ4n) is 8.29. The van der Waals surface area contributed by atoms with Gasteiger partial charge in [-0.15, -0.1) is 0 Å². The second-order valence-electron chi connectivity index (χ2n) is 18.6. The van der Waals surface area contributed by atoms with Gasteiger partial charge in [0.1, 0.15) is 6.29 Å². The first-order valence-corrected chi connectivity index (χ1v) is 26.6. The van der Waals surface area contributed by atoms with Gasteiger partial charge in [0.2, 0.25) is 0 Å². The van der Waals surface area contributed by atoms with Crippen molar-refractivity contribution in [2.24, 2.45) is 11.8 Å². The lowest BCUT2D eigenvalue weighted by Crippen LogP contribution is -2.27. The maximum absolute atomic E-state index is 12.2. The standard InChI is InChI=1S/C45H90O3.C8H17NO.CH2O2/c1-6-10-24-32-42(33-25-11-7-2)36-28-20-16-14-15-17-21-29-37-44(47-5)38-30-22-18-19-23-31-39-45(46)48-41-40-43(34-26-12-8-3)35-27-13-9-4;1-8(2)9(3)6-4-5-7-10;2-1-3/h42-44H,6-41H2,1-5H3;7-8H,4-6H2,1-3H3;1H,(H,2,3). The van der Waals surface area contributed by atoms with Crippen molar-refractivity contribution in [1.82, 2.24) is 4.90 Å². The molecule has 0 aliphatic heterocycles. The van der Waals surface area contributed by atoms with E-state index in [9.17, 15) is 9.59 Å². The number of carbonyl (C=O) groups excluding carboxylic acids is 2. The summed E-state index contributed by atoms with van der Waals surface area (Å²) in [5.74, 6) is 1.77. The number of hydrogen-bond donors (Lipinski definition) is 1. The number of methoxy groups -OCH3 is 1. The molecule has 0 saturated carbocycles. The molecule has 0 spiro atoms. The summed E-state index contributed by atoms with van der Waals surface area (Å²) in [6.07, 6.45) is 49.1. The zero-order chi connectivity index (χ0) is 45.9. The van der Waals surface area contributed by atoms with Crippen molar-refractivity contribution in [2.45, 2.75) is 291 Å². The topological polar surface area (TPSA) is 93.1 Å². The first-order valence-electron chi connectivity index (χ1n) is 26.6. The highest BCUT2D eigenvalue weighted by molar-refractivity contribution is 5.69. The molecule has 0 radical (unpaired) electrons. The minimum absolute atomic E-state index is 0.0217. The summed E-state index contributed by atoms with van der Waals surface area (Å²) in [4.78, 5) is 32.8. The van der Waals surface area contributed by atoms with Gasteiger partial charge in [-0.25, -0.2) is 0 Å². The highest BCUT2D eigenvalue weighted by atomic mass is 16.5. The number of carbonyl (C=O) groups is 3. The second kappa shape index (κ2) is 54.7. The minimum atomic E-state index is -0.250. The van der Waals surface area contributed by atoms with E-state index in [-0.39, 0.29) is 12.4 Å². The van der Waals surface area contributed by atoms with Crippen LogP contribution in [0.2, 0.25) is 0 Å². The van der Waals surface area contributed by atoms with Crippen molar-refractivity contribution >= 4 is 18.7 Å². The van der Waals surface area contributed by atoms with Crippen LogP contribution in [0.25, 0.3) is 0 Å². The lowest BCUT2D eigenvalue weighted by molar-refractivity contribution is -0.144. The van der Waals surface area contributed by atoms with Gasteiger partial charge in [0.25, 0.3) is 6.47 Å². The Morgan fingerprint density at radius 3 is 1.23 bits per heavy atom. The van der Waals surface area contributed by atoms with Crippen LogP contribution in [0.15, 0.2) is 0 Å². The summed E-state index contributed by atoms with van der Waals surface area (Å²) in [5.41, 5.74) is 0. The van der Waals surface area contributed by atoms with E-state index in [0.717, 1.165) is 50.4 Å². The predicted molar refractivity (Wildman–Crippen MR) is 265 cm³/mol. The molecule has 366 valence electrons. The first-order chi connectivity index (χ1) is 29.7. The van der Waals surface area contributed by atoms with Crippen LogP contribution in [0.1, 0.15) is 279 Å². The molecule has 0 fully saturated rings. The summed E-state index contributed by atoms with van der Waals surface area (Å²) in [5, 5.41) is 6.89. The fourth-order valence-corrected chi connectivity index (χ4v) is 8.29. The normalized spacial score (nSPS) is 11.7. The summed E-state index contributed by atoms with van der Waals surface area (Å²) in [6.45, 7) is 14.9. The van der Waals surface area contributed by atoms with Crippen LogP contribution in [-0.2, 0) is 23.9 Å². The molecule has 1 N–H and O–H groups in total. The highest BCUT2D eigenvalue weighted by Crippen LogP contribution is 2.25. The van der Waals surface area contributed by atoms with E-state index in [1.165, 1.54) is 199 Å². The Hall–Kier alpha value is -1.47. The third kappa shape index (κ3) is 52.8. The van der Waals surface area contributed by atoms with E-state index in [4.69, 9.17) is 19.4 Å². The molecule has 0 rings (SSSR count). The van der Waals surface area contributed by atoms with Gasteiger partial charge in [-0.2, -0.15) is 0 Å². The van der Waals surface area contributed by atoms with Crippen LogP contribution >= 0.6 is 0 Å². The lowest BCUT2D eigenvalue weighted by atomic mass is 9.90. The van der Waals surface area contributed by atoms with Crippen LogP contribution in [0.5, 0.6) is 0 Å². The van der Waals surface area contributed by atoms with Crippen LogP contribution in [0.3, 0.4) is 0 Å². The minimum Gasteiger partial charge on any atom is -0.483 e. The maximum atomic E-state index is 12.2. The van der Waals surface area contributed by atoms with E-state index in [1.54, 1.807) is 0 Å². The third-order valence-electron chi connectivity index (χ3n) is 12.7. The first kappa shape index (κ1) is 63.8. The molecule has 0 heterocycles. The Morgan fingerprint density at radius 1 is 0.525 bits per heavy atom. The van der Waals surface area contributed by atoms with Gasteiger partial charge in [0, 0.05) is 26.0 Å². The number of ether oxygens (including phenoxy) is 2. The van der Waals surface area contributed by atoms with Gasteiger partial charge in [-0.3, -0.25) is 9.59 Å². The third-order valence-corrected chi connectivity index (χ3v) is 12.7. The molecule has 0 amide bonds. The predicted octanol–water partition coefficient (Wildman–Crippen LogP) is 16.5. The summed E-state index contributed by atoms with van der Waals surface area (Å²) in [6, 6.07) is 0.589. The molecule has 0 bridgehead atoms. The number of nitrogens with zero attached hydrogens (tertiary/aromatic N) is 1. The van der Waals surface area contributed by atoms with Gasteiger partial charge >= 0.3 is 5.97 Å². The van der Waals surface area contributed by atoms with Crippen LogP contribution in [-0.4, -0.2) is 68.2 Å². The van der Waals surface area contributed by atoms with Gasteiger partial charge in [0.05, 0.1) is 12.7 Å². The van der Waals surface area contributed by atoms with Gasteiger partial charge in [0.15, 0.2) is 0 Å². The monoisotopic (exact) mass is 868 g/mol. The zero-order valence-electron chi connectivity index (χ0n) is 42.5. The van der Waals surface area contributed by atoms with Gasteiger partial charge < -0.3 is 24.3 Å². The van der Waals surface area contributed by atoms with Crippen molar-refractivity contribution in [3.63, 3.8) is 0 Å². The number of esters is 1. The van der Waals surface area contributed by atoms with Crippen molar-refractivity contribution in [3.8, 4) is 0 Å². The molecule has 0 aromatic rings. The average molecular weight is 868 g/mol. The van der Waals surface area contributed by atoms with E-state index in [2.05, 4.69) is 53.5 Å². The molecule has 0 aromatic heterocycles. The molecule has 0 aliphatic carbocycles. The maximum Gasteiger partial charge on any atom is 0.305 e. The molecule has 1 atom stereocenters. The van der Waals surface area contributed by atoms with Crippen LogP contribution in [0, 0.1) is 11.8 Å². The van der Waals surface area contributed by atoms with Crippen molar-refractivity contribution in [2.75, 3.05) is 27.3 Å². The highest BCUT2D eigenvalue weighted by Gasteiger charge is 2.12. The number of carboxylic acid groups (broad SMARTS) is 1. The molecule has 7 heteroatoms. The Kier molecular flexibility index (Phi) is 57.2. The molecular formula is C54H109NO6. The smallest absolute Gasteiger partial charge is 0.305 e. The summed E-state index contributed by atoms with van der Waals surface area (Å²) >= 11 is 0. The molecule has 0 saturated heterocycles. The molecular weight excluding hydrogens is 759 g/mol. The second-order valence-corrected chi connectivity index (χ2v) is 18.6. The van der Waals surface area contributed by atoms with Gasteiger partial charge in [-0.05, 0) is 71.4 Å². The summed E-state index contributed by atoms with van der Waals surface area (Å²) < 4.78 is 11.4. The summed E-state index contributed by atoms with van der Waals surface area (Å²) in [7, 11) is 3.98. The Labute approximate surface area is 381 Å². The number of rotatable bonds is 45. The van der Waals surface area contributed by atoms with E-state index >= 15 is 0 Å². The van der Waals surface area contributed by atoms with Crippen molar-refractivity contribution < 1.29 is 29.0 Å². The Morgan fingerprint density at radius 2 is 0.869 bits per heavy atom. The van der Waals surface area contributed by atoms with Crippen LogP contribution in [0.4, 0.5) is 0 Å². The van der Waals surface area contributed by atoms with E-state index < -0.39 is 0 Å². The van der Waals surface area contributed by atoms with Crippen molar-refractivity contribution in [1.29, 1.82) is 0 Å². The quantitative estimate of drug-likeness (QED) is 0.0370. The zero-order valence-corrected chi connectivity index (χ0v) is 42.5. The lowest BCUT2D eigenvalue weighted by Gasteiger charge is -2.19. The number of aldehydes is 1. The fraction of sp³-hybridized carbons (Fsp3) is 0.944. The molecule has 0 aromatic carbocycles. The Bertz CT molecular complexity index is 833. The molecule has 0 aliphatic rings. The molecule has 61 heavy (non-hydrogen) atoms. The number of unbranched alkanes of at least 4 members (excludes halogenated alkanes) is 21. The van der Waals surface area contributed by atoms with E-state index in [0.29, 0.717) is 31.6 Å². The SMILES string of the molecule is CC(C)N(C)CCCC=O.CCCCCC(CCCCC)CCCCCCCCCCC(CCCCCCCCC(=O)OCCC(CCCCC)CCCCC)OC.O=CO. The van der Waals surface area contributed by atoms with Crippen LogP contribution < -0.4 is 0 Å². The average Bonchev–Trinajstić information content (AvgIpc) is 3.24.